The zero-order chi connectivity index (χ0) is 22.7. The van der Waals surface area contributed by atoms with Gasteiger partial charge in [-0.3, -0.25) is 4.98 Å². The Labute approximate surface area is 191 Å². The number of para-hydroxylation sites is 1. The van der Waals surface area contributed by atoms with E-state index in [1.807, 2.05) is 81.4 Å². The van der Waals surface area contributed by atoms with Crippen molar-refractivity contribution in [2.24, 2.45) is 0 Å². The average Bonchev–Trinajstić information content (AvgIpc) is 3.22. The fourth-order valence-corrected chi connectivity index (χ4v) is 4.32. The third-order valence-corrected chi connectivity index (χ3v) is 6.82. The van der Waals surface area contributed by atoms with Gasteiger partial charge in [-0.15, -0.1) is 4.72 Å². The van der Waals surface area contributed by atoms with E-state index in [4.69, 9.17) is 9.26 Å². The molecule has 0 aliphatic rings. The summed E-state index contributed by atoms with van der Waals surface area (Å²) in [6, 6.07) is 19.2. The van der Waals surface area contributed by atoms with Gasteiger partial charge < -0.3 is 13.8 Å². The van der Waals surface area contributed by atoms with E-state index in [9.17, 15) is 4.55 Å². The Kier molecular flexibility index (Phi) is 6.50. The molecule has 6 nitrogen and oxygen atoms in total. The predicted octanol–water partition coefficient (Wildman–Crippen LogP) is 5.23. The summed E-state index contributed by atoms with van der Waals surface area (Å²) in [5.41, 5.74) is 4.18. The number of pyridine rings is 1. The lowest BCUT2D eigenvalue weighted by molar-refractivity contribution is 0.413. The smallest absolute Gasteiger partial charge is 0.167 e. The van der Waals surface area contributed by atoms with E-state index in [1.54, 1.807) is 13.3 Å². The Bertz CT molecular complexity index is 1190. The Hall–Kier alpha value is -2.87. The van der Waals surface area contributed by atoms with Crippen molar-refractivity contribution >= 4 is 22.3 Å². The van der Waals surface area contributed by atoms with Crippen molar-refractivity contribution in [3.05, 3.63) is 78.1 Å². The van der Waals surface area contributed by atoms with Gasteiger partial charge in [0.15, 0.2) is 5.58 Å². The number of fused-ring (bicyclic) bond motifs is 1. The monoisotopic (exact) mass is 449 g/mol. The second kappa shape index (κ2) is 9.32. The molecule has 7 heteroatoms. The minimum Gasteiger partial charge on any atom is -0.598 e. The maximum atomic E-state index is 13.1. The summed E-state index contributed by atoms with van der Waals surface area (Å²) in [5, 5.41) is 5.29. The van der Waals surface area contributed by atoms with Gasteiger partial charge in [0.1, 0.15) is 16.2 Å². The van der Waals surface area contributed by atoms with Crippen molar-refractivity contribution in [2.45, 2.75) is 38.0 Å². The first kappa shape index (κ1) is 22.3. The lowest BCUT2D eigenvalue weighted by atomic mass is 9.94. The van der Waals surface area contributed by atoms with Crippen molar-refractivity contribution in [2.75, 3.05) is 7.11 Å². The normalized spacial score (nSPS) is 13.8. The van der Waals surface area contributed by atoms with Crippen LogP contribution in [0.4, 0.5) is 0 Å². The van der Waals surface area contributed by atoms with E-state index >= 15 is 0 Å². The van der Waals surface area contributed by atoms with Gasteiger partial charge in [-0.05, 0) is 68.8 Å². The first-order valence-electron chi connectivity index (χ1n) is 10.5. The first-order valence-corrected chi connectivity index (χ1v) is 11.6. The number of nitrogens with one attached hydrogen (secondary N) is 1. The summed E-state index contributed by atoms with van der Waals surface area (Å²) in [7, 11) is 1.64. The summed E-state index contributed by atoms with van der Waals surface area (Å²) in [6.07, 6.45) is 2.32. The van der Waals surface area contributed by atoms with Gasteiger partial charge >= 0.3 is 0 Å². The van der Waals surface area contributed by atoms with Gasteiger partial charge in [0, 0.05) is 40.6 Å². The Morgan fingerprint density at radius 2 is 1.88 bits per heavy atom. The SMILES string of the molecule is COc1ccc(-c2noc3ccccc23)c(C(Cc2ccccn2)N[S@@+]([O-])C(C)(C)C)c1. The number of aromatic nitrogens is 2. The highest BCUT2D eigenvalue weighted by molar-refractivity contribution is 7.90. The third kappa shape index (κ3) is 4.80. The molecule has 166 valence electrons. The molecular formula is C25H27N3O3S. The first-order chi connectivity index (χ1) is 15.4. The molecule has 0 aliphatic heterocycles. The summed E-state index contributed by atoms with van der Waals surface area (Å²) >= 11 is -1.29. The molecule has 0 bridgehead atoms. The highest BCUT2D eigenvalue weighted by Crippen LogP contribution is 2.37. The molecule has 2 aromatic heterocycles. The fourth-order valence-electron chi connectivity index (χ4n) is 3.50. The summed E-state index contributed by atoms with van der Waals surface area (Å²) in [5.74, 6) is 0.714. The molecule has 2 heterocycles. The van der Waals surface area contributed by atoms with E-state index in [1.165, 1.54) is 0 Å². The van der Waals surface area contributed by atoms with Gasteiger partial charge in [0.05, 0.1) is 13.2 Å². The Morgan fingerprint density at radius 3 is 2.59 bits per heavy atom. The van der Waals surface area contributed by atoms with Gasteiger partial charge in [-0.2, -0.15) is 0 Å². The van der Waals surface area contributed by atoms with Crippen LogP contribution in [-0.2, 0) is 17.8 Å². The minimum atomic E-state index is -1.29. The molecule has 4 aromatic rings. The molecule has 0 amide bonds. The maximum Gasteiger partial charge on any atom is 0.167 e. The van der Waals surface area contributed by atoms with E-state index in [2.05, 4.69) is 14.9 Å². The van der Waals surface area contributed by atoms with Crippen LogP contribution in [-0.4, -0.2) is 26.6 Å². The number of ether oxygens (including phenoxy) is 1. The van der Waals surface area contributed by atoms with Crippen molar-refractivity contribution in [3.8, 4) is 17.0 Å². The molecule has 0 spiro atoms. The summed E-state index contributed by atoms with van der Waals surface area (Å²) in [4.78, 5) is 4.49. The van der Waals surface area contributed by atoms with Gasteiger partial charge in [0.25, 0.3) is 0 Å². The molecule has 1 unspecified atom stereocenters. The van der Waals surface area contributed by atoms with E-state index in [-0.39, 0.29) is 6.04 Å². The number of hydrogen-bond acceptors (Lipinski definition) is 6. The molecule has 32 heavy (non-hydrogen) atoms. The molecule has 0 aliphatic carbocycles. The number of rotatable bonds is 7. The molecule has 0 saturated carbocycles. The quantitative estimate of drug-likeness (QED) is 0.389. The standard InChI is InChI=1S/C25H27N3O3S/c1-25(2,3)32(29)28-22(15-17-9-7-8-14-26-17)21-16-18(30-4)12-13-19(21)24-20-10-5-6-11-23(20)31-27-24/h5-14,16,22,28H,15H2,1-4H3/t22?,32-/m0/s1. The fraction of sp³-hybridized carbons (Fsp3) is 0.280. The minimum absolute atomic E-state index is 0.287. The van der Waals surface area contributed by atoms with Crippen LogP contribution in [0.15, 0.2) is 71.4 Å². The van der Waals surface area contributed by atoms with Gasteiger partial charge in [-0.25, -0.2) is 0 Å². The van der Waals surface area contributed by atoms with Crippen LogP contribution in [0.5, 0.6) is 5.75 Å². The van der Waals surface area contributed by atoms with Gasteiger partial charge in [0.2, 0.25) is 0 Å². The van der Waals surface area contributed by atoms with E-state index < -0.39 is 16.1 Å². The molecule has 4 rings (SSSR count). The van der Waals surface area contributed by atoms with Crippen LogP contribution in [0, 0.1) is 0 Å². The molecule has 0 fully saturated rings. The molecule has 1 N–H and O–H groups in total. The largest absolute Gasteiger partial charge is 0.598 e. The van der Waals surface area contributed by atoms with Crippen LogP contribution in [0.2, 0.25) is 0 Å². The van der Waals surface area contributed by atoms with Crippen LogP contribution >= 0.6 is 0 Å². The second-order valence-corrected chi connectivity index (χ2v) is 10.6. The summed E-state index contributed by atoms with van der Waals surface area (Å²) in [6.45, 7) is 5.85. The molecule has 2 atom stereocenters. The van der Waals surface area contributed by atoms with Crippen LogP contribution in [0.3, 0.4) is 0 Å². The molecule has 0 saturated heterocycles. The average molecular weight is 450 g/mol. The third-order valence-electron chi connectivity index (χ3n) is 5.21. The van der Waals surface area contributed by atoms with Crippen LogP contribution in [0.25, 0.3) is 22.2 Å². The van der Waals surface area contributed by atoms with E-state index in [0.717, 1.165) is 33.5 Å². The topological polar surface area (TPSA) is 83.2 Å². The predicted molar refractivity (Wildman–Crippen MR) is 128 cm³/mol. The lowest BCUT2D eigenvalue weighted by Crippen LogP contribution is -2.42. The second-order valence-electron chi connectivity index (χ2n) is 8.56. The number of benzene rings is 2. The number of hydrogen-bond donors (Lipinski definition) is 1. The highest BCUT2D eigenvalue weighted by Gasteiger charge is 2.32. The molecule has 0 radical (unpaired) electrons. The van der Waals surface area contributed by atoms with Crippen LogP contribution < -0.4 is 9.46 Å². The number of nitrogens with zero attached hydrogens (tertiary/aromatic N) is 2. The van der Waals surface area contributed by atoms with Crippen molar-refractivity contribution < 1.29 is 13.8 Å². The van der Waals surface area contributed by atoms with Crippen molar-refractivity contribution in [1.29, 1.82) is 0 Å². The molecular weight excluding hydrogens is 422 g/mol. The maximum absolute atomic E-state index is 13.1. The van der Waals surface area contributed by atoms with Crippen molar-refractivity contribution in [1.82, 2.24) is 14.9 Å². The number of methoxy groups -OCH3 is 1. The Balaban J connectivity index is 1.85. The summed E-state index contributed by atoms with van der Waals surface area (Å²) < 4.78 is 27.1. The van der Waals surface area contributed by atoms with Crippen molar-refractivity contribution in [3.63, 3.8) is 0 Å². The van der Waals surface area contributed by atoms with Crippen LogP contribution in [0.1, 0.15) is 38.1 Å². The lowest BCUT2D eigenvalue weighted by Gasteiger charge is -2.29. The zero-order valence-electron chi connectivity index (χ0n) is 18.7. The Morgan fingerprint density at radius 1 is 1.09 bits per heavy atom. The highest BCUT2D eigenvalue weighted by atomic mass is 32.2. The van der Waals surface area contributed by atoms with E-state index in [0.29, 0.717) is 12.2 Å². The van der Waals surface area contributed by atoms with Gasteiger partial charge in [-0.1, -0.05) is 23.4 Å². The zero-order valence-corrected chi connectivity index (χ0v) is 19.5. The molecule has 2 aromatic carbocycles.